The second kappa shape index (κ2) is 8.71. The topological polar surface area (TPSA) is 68.3 Å². The summed E-state index contributed by atoms with van der Waals surface area (Å²) in [5.41, 5.74) is 1.12. The quantitative estimate of drug-likeness (QED) is 0.482. The number of unbranched alkanes of at least 4 members (excludes halogenated alkanes) is 1. The maximum Gasteiger partial charge on any atom is 0.311 e. The number of thiazole rings is 1. The minimum atomic E-state index is -0.353. The van der Waals surface area contributed by atoms with E-state index in [1.807, 2.05) is 6.07 Å². The Bertz CT molecular complexity index is 704. The predicted molar refractivity (Wildman–Crippen MR) is 89.2 cm³/mol. The Morgan fingerprint density at radius 1 is 1.30 bits per heavy atom. The molecule has 0 aliphatic rings. The van der Waals surface area contributed by atoms with Gasteiger partial charge in [-0.15, -0.1) is 23.7 Å². The first-order valence-electron chi connectivity index (χ1n) is 7.09. The summed E-state index contributed by atoms with van der Waals surface area (Å²) >= 11 is 1.27. The molecule has 0 radical (unpaired) electrons. The minimum absolute atomic E-state index is 0.0771. The van der Waals surface area contributed by atoms with Crippen molar-refractivity contribution in [3.63, 3.8) is 0 Å². The van der Waals surface area contributed by atoms with Crippen molar-refractivity contribution in [3.8, 4) is 12.3 Å². The monoisotopic (exact) mass is 328 g/mol. The van der Waals surface area contributed by atoms with Crippen molar-refractivity contribution in [1.82, 2.24) is 4.98 Å². The van der Waals surface area contributed by atoms with Gasteiger partial charge in [-0.25, -0.2) is 4.98 Å². The summed E-state index contributed by atoms with van der Waals surface area (Å²) in [5.74, 6) is 1.90. The molecule has 0 saturated heterocycles. The van der Waals surface area contributed by atoms with Gasteiger partial charge in [0.15, 0.2) is 5.13 Å². The highest BCUT2D eigenvalue weighted by Crippen LogP contribution is 2.17. The van der Waals surface area contributed by atoms with Crippen molar-refractivity contribution in [2.75, 3.05) is 11.9 Å². The fourth-order valence-electron chi connectivity index (χ4n) is 1.76. The average molecular weight is 328 g/mol. The van der Waals surface area contributed by atoms with Crippen LogP contribution in [0, 0.1) is 12.3 Å². The number of amides is 1. The van der Waals surface area contributed by atoms with E-state index in [9.17, 15) is 9.59 Å². The van der Waals surface area contributed by atoms with E-state index in [4.69, 9.17) is 11.2 Å². The lowest BCUT2D eigenvalue weighted by Crippen LogP contribution is -2.12. The molecule has 5 nitrogen and oxygen atoms in total. The van der Waals surface area contributed by atoms with E-state index in [0.717, 1.165) is 0 Å². The van der Waals surface area contributed by atoms with Crippen LogP contribution in [0.15, 0.2) is 35.7 Å². The number of ether oxygens (including phenoxy) is 1. The van der Waals surface area contributed by atoms with Crippen molar-refractivity contribution in [1.29, 1.82) is 0 Å². The van der Waals surface area contributed by atoms with Gasteiger partial charge in [-0.2, -0.15) is 0 Å². The van der Waals surface area contributed by atoms with E-state index < -0.39 is 0 Å². The van der Waals surface area contributed by atoms with E-state index >= 15 is 0 Å². The Morgan fingerprint density at radius 2 is 2.09 bits per heavy atom. The molecule has 1 heterocycles. The van der Waals surface area contributed by atoms with Gasteiger partial charge in [-0.1, -0.05) is 18.2 Å². The second-order valence-corrected chi connectivity index (χ2v) is 5.53. The lowest BCUT2D eigenvalue weighted by molar-refractivity contribution is -0.142. The molecule has 1 aromatic carbocycles. The van der Waals surface area contributed by atoms with Crippen molar-refractivity contribution in [2.45, 2.75) is 19.3 Å². The molecule has 1 aromatic heterocycles. The van der Waals surface area contributed by atoms with Crippen LogP contribution in [0.5, 0.6) is 0 Å². The predicted octanol–water partition coefficient (Wildman–Crippen LogP) is 2.89. The molecule has 0 bridgehead atoms. The number of nitrogens with zero attached hydrogens (tertiary/aromatic N) is 1. The highest BCUT2D eigenvalue weighted by molar-refractivity contribution is 7.14. The molecule has 118 valence electrons. The van der Waals surface area contributed by atoms with Crippen LogP contribution >= 0.6 is 11.3 Å². The third-order valence-electron chi connectivity index (χ3n) is 2.86. The summed E-state index contributed by atoms with van der Waals surface area (Å²) in [4.78, 5) is 27.8. The standard InChI is InChI=1S/C17H16N2O3S/c1-2-3-7-10-22-15(20)11-14-12-23-17(18-14)19-16(21)13-8-5-4-6-9-13/h1,4-6,8-9,12H,3,7,10-11H2,(H,18,19,21). The van der Waals surface area contributed by atoms with Crippen LogP contribution in [-0.2, 0) is 16.0 Å². The number of rotatable bonds is 7. The normalized spacial score (nSPS) is 9.87. The SMILES string of the molecule is C#CCCCOC(=O)Cc1csc(NC(=O)c2ccccc2)n1. The van der Waals surface area contributed by atoms with Crippen LogP contribution in [0.3, 0.4) is 0 Å². The zero-order chi connectivity index (χ0) is 16.5. The van der Waals surface area contributed by atoms with E-state index in [-0.39, 0.29) is 18.3 Å². The molecular formula is C17H16N2O3S. The zero-order valence-electron chi connectivity index (χ0n) is 12.5. The Kier molecular flexibility index (Phi) is 6.33. The van der Waals surface area contributed by atoms with Gasteiger partial charge in [0.2, 0.25) is 0 Å². The Balaban J connectivity index is 1.82. The summed E-state index contributed by atoms with van der Waals surface area (Å²) in [7, 11) is 0. The van der Waals surface area contributed by atoms with E-state index in [2.05, 4.69) is 16.2 Å². The summed E-state index contributed by atoms with van der Waals surface area (Å²) in [6.45, 7) is 0.310. The Labute approximate surface area is 138 Å². The van der Waals surface area contributed by atoms with Crippen LogP contribution < -0.4 is 5.32 Å². The molecule has 6 heteroatoms. The minimum Gasteiger partial charge on any atom is -0.465 e. The van der Waals surface area contributed by atoms with E-state index in [1.165, 1.54) is 11.3 Å². The molecular weight excluding hydrogens is 312 g/mol. The summed E-state index contributed by atoms with van der Waals surface area (Å²) in [5, 5.41) is 4.88. The van der Waals surface area contributed by atoms with Gasteiger partial charge in [-0.05, 0) is 18.6 Å². The number of carbonyl (C=O) groups is 2. The Morgan fingerprint density at radius 3 is 2.83 bits per heavy atom. The number of carbonyl (C=O) groups excluding carboxylic acids is 2. The van der Waals surface area contributed by atoms with Gasteiger partial charge in [0.1, 0.15) is 0 Å². The molecule has 23 heavy (non-hydrogen) atoms. The Hall–Kier alpha value is -2.65. The molecule has 0 saturated carbocycles. The molecule has 0 atom stereocenters. The lowest BCUT2D eigenvalue weighted by atomic mass is 10.2. The van der Waals surface area contributed by atoms with Crippen molar-refractivity contribution in [2.24, 2.45) is 0 Å². The van der Waals surface area contributed by atoms with Crippen LogP contribution in [0.4, 0.5) is 5.13 Å². The third kappa shape index (κ3) is 5.57. The molecule has 0 spiro atoms. The number of aromatic nitrogens is 1. The number of benzene rings is 1. The number of nitrogens with one attached hydrogen (secondary N) is 1. The number of terminal acetylenes is 1. The number of anilines is 1. The summed E-state index contributed by atoms with van der Waals surface area (Å²) in [6.07, 6.45) is 6.43. The van der Waals surface area contributed by atoms with Crippen LogP contribution in [-0.4, -0.2) is 23.5 Å². The smallest absolute Gasteiger partial charge is 0.311 e. The van der Waals surface area contributed by atoms with Gasteiger partial charge in [-0.3, -0.25) is 14.9 Å². The van der Waals surface area contributed by atoms with Crippen LogP contribution in [0.2, 0.25) is 0 Å². The first-order valence-corrected chi connectivity index (χ1v) is 7.97. The largest absolute Gasteiger partial charge is 0.465 e. The van der Waals surface area contributed by atoms with Crippen molar-refractivity contribution < 1.29 is 14.3 Å². The van der Waals surface area contributed by atoms with Gasteiger partial charge < -0.3 is 4.74 Å². The first kappa shape index (κ1) is 16.7. The lowest BCUT2D eigenvalue weighted by Gasteiger charge is -2.02. The highest BCUT2D eigenvalue weighted by Gasteiger charge is 2.11. The fraction of sp³-hybridized carbons (Fsp3) is 0.235. The average Bonchev–Trinajstić information content (AvgIpc) is 2.99. The number of hydrogen-bond donors (Lipinski definition) is 1. The van der Waals surface area contributed by atoms with Crippen molar-refractivity contribution >= 4 is 28.3 Å². The molecule has 0 aliphatic heterocycles. The maximum absolute atomic E-state index is 12.0. The molecule has 0 unspecified atom stereocenters. The van der Waals surface area contributed by atoms with Crippen molar-refractivity contribution in [3.05, 3.63) is 47.0 Å². The number of hydrogen-bond acceptors (Lipinski definition) is 5. The van der Waals surface area contributed by atoms with Gasteiger partial charge in [0.05, 0.1) is 18.7 Å². The van der Waals surface area contributed by atoms with Crippen LogP contribution in [0.25, 0.3) is 0 Å². The van der Waals surface area contributed by atoms with Gasteiger partial charge in [0, 0.05) is 17.4 Å². The molecule has 2 aromatic rings. The fourth-order valence-corrected chi connectivity index (χ4v) is 2.47. The summed E-state index contributed by atoms with van der Waals surface area (Å²) < 4.78 is 5.05. The van der Waals surface area contributed by atoms with E-state index in [0.29, 0.717) is 35.8 Å². The summed E-state index contributed by atoms with van der Waals surface area (Å²) in [6, 6.07) is 8.86. The van der Waals surface area contributed by atoms with Crippen LogP contribution in [0.1, 0.15) is 28.9 Å². The first-order chi connectivity index (χ1) is 11.2. The van der Waals surface area contributed by atoms with Gasteiger partial charge >= 0.3 is 5.97 Å². The highest BCUT2D eigenvalue weighted by atomic mass is 32.1. The molecule has 1 amide bonds. The molecule has 2 rings (SSSR count). The molecule has 0 aliphatic carbocycles. The molecule has 1 N–H and O–H groups in total. The van der Waals surface area contributed by atoms with Gasteiger partial charge in [0.25, 0.3) is 5.91 Å². The van der Waals surface area contributed by atoms with E-state index in [1.54, 1.807) is 29.6 Å². The third-order valence-corrected chi connectivity index (χ3v) is 3.67. The maximum atomic E-state index is 12.0. The second-order valence-electron chi connectivity index (χ2n) is 4.67. The number of esters is 1. The zero-order valence-corrected chi connectivity index (χ0v) is 13.3. The molecule has 0 fully saturated rings.